The molecule has 0 aromatic carbocycles. The van der Waals surface area contributed by atoms with Crippen molar-refractivity contribution < 1.29 is 24.2 Å². The van der Waals surface area contributed by atoms with Crippen molar-refractivity contribution in [3.05, 3.63) is 0 Å². The molecule has 1 unspecified atom stereocenters. The second-order valence-electron chi connectivity index (χ2n) is 4.21. The minimum Gasteiger partial charge on any atom is -0.480 e. The molecule has 0 spiro atoms. The van der Waals surface area contributed by atoms with Gasteiger partial charge in [0.1, 0.15) is 12.6 Å². The van der Waals surface area contributed by atoms with Crippen LogP contribution in [-0.4, -0.2) is 65.7 Å². The third-order valence-corrected chi connectivity index (χ3v) is 2.64. The second kappa shape index (κ2) is 6.83. The number of hydrogen-bond acceptors (Lipinski definition) is 4. The van der Waals surface area contributed by atoms with Crippen LogP contribution in [0.3, 0.4) is 0 Å². The fourth-order valence-corrected chi connectivity index (χ4v) is 1.21. The molecule has 0 aliphatic carbocycles. The molecular formula is C11H20N2O5. The molecule has 0 fully saturated rings. The van der Waals surface area contributed by atoms with Gasteiger partial charge >= 0.3 is 18.0 Å². The topological polar surface area (TPSA) is 87.2 Å². The average molecular weight is 260 g/mol. The number of carboxylic acid groups (broad SMARTS) is 1. The van der Waals surface area contributed by atoms with Crippen LogP contribution in [0.25, 0.3) is 0 Å². The summed E-state index contributed by atoms with van der Waals surface area (Å²) in [6.45, 7) is 4.67. The number of aliphatic carboxylic acids is 1. The third-order valence-electron chi connectivity index (χ3n) is 2.64. The average Bonchev–Trinajstić information content (AvgIpc) is 2.32. The molecule has 2 amide bonds. The number of likely N-dealkylation sites (N-methyl/N-ethyl adjacent to an activating group) is 1. The standard InChI is InChI=1S/C11H20N2O5/c1-7(2)13(6-9(14)18-5)11(17)12(4)8(3)10(15)16/h7-8H,6H2,1-5H3,(H,15,16). The van der Waals surface area contributed by atoms with E-state index in [1.807, 2.05) is 0 Å². The predicted octanol–water partition coefficient (Wildman–Crippen LogP) is 0.395. The summed E-state index contributed by atoms with van der Waals surface area (Å²) in [6, 6.07) is -1.72. The maximum absolute atomic E-state index is 12.1. The molecule has 0 aliphatic heterocycles. The van der Waals surface area contributed by atoms with Crippen LogP contribution in [0.4, 0.5) is 4.79 Å². The van der Waals surface area contributed by atoms with Crippen LogP contribution < -0.4 is 0 Å². The van der Waals surface area contributed by atoms with Crippen molar-refractivity contribution in [3.8, 4) is 0 Å². The van der Waals surface area contributed by atoms with E-state index in [-0.39, 0.29) is 12.6 Å². The number of ether oxygens (including phenoxy) is 1. The highest BCUT2D eigenvalue weighted by atomic mass is 16.5. The monoisotopic (exact) mass is 260 g/mol. The fraction of sp³-hybridized carbons (Fsp3) is 0.727. The summed E-state index contributed by atoms with van der Waals surface area (Å²) < 4.78 is 4.50. The first-order chi connectivity index (χ1) is 8.22. The van der Waals surface area contributed by atoms with Gasteiger partial charge in [0.25, 0.3) is 0 Å². The van der Waals surface area contributed by atoms with Crippen LogP contribution in [0, 0.1) is 0 Å². The Labute approximate surface area is 106 Å². The molecule has 0 rings (SSSR count). The lowest BCUT2D eigenvalue weighted by Crippen LogP contribution is -2.51. The number of amides is 2. The van der Waals surface area contributed by atoms with E-state index in [1.54, 1.807) is 13.8 Å². The van der Waals surface area contributed by atoms with Crippen LogP contribution in [0.5, 0.6) is 0 Å². The van der Waals surface area contributed by atoms with Gasteiger partial charge in [-0.3, -0.25) is 4.79 Å². The van der Waals surface area contributed by atoms with Crippen molar-refractivity contribution in [2.24, 2.45) is 0 Å². The summed E-state index contributed by atoms with van der Waals surface area (Å²) in [4.78, 5) is 36.4. The van der Waals surface area contributed by atoms with Gasteiger partial charge in [-0.15, -0.1) is 0 Å². The Bertz CT molecular complexity index is 329. The van der Waals surface area contributed by atoms with Crippen LogP contribution in [0.1, 0.15) is 20.8 Å². The Morgan fingerprint density at radius 1 is 1.22 bits per heavy atom. The molecule has 1 atom stereocenters. The number of hydrogen-bond donors (Lipinski definition) is 1. The number of nitrogens with zero attached hydrogens (tertiary/aromatic N) is 2. The van der Waals surface area contributed by atoms with Gasteiger partial charge in [-0.05, 0) is 20.8 Å². The Morgan fingerprint density at radius 2 is 1.72 bits per heavy atom. The van der Waals surface area contributed by atoms with Crippen molar-refractivity contribution in [1.29, 1.82) is 0 Å². The number of esters is 1. The number of carboxylic acids is 1. The van der Waals surface area contributed by atoms with Crippen LogP contribution in [0.15, 0.2) is 0 Å². The molecule has 1 N–H and O–H groups in total. The normalized spacial score (nSPS) is 11.9. The van der Waals surface area contributed by atoms with E-state index in [2.05, 4.69) is 4.74 Å². The largest absolute Gasteiger partial charge is 0.480 e. The molecule has 7 heteroatoms. The molecule has 0 heterocycles. The van der Waals surface area contributed by atoms with Crippen molar-refractivity contribution in [1.82, 2.24) is 9.80 Å². The molecule has 0 radical (unpaired) electrons. The molecule has 0 bridgehead atoms. The number of rotatable bonds is 5. The third kappa shape index (κ3) is 4.23. The highest BCUT2D eigenvalue weighted by Crippen LogP contribution is 2.07. The number of carbonyl (C=O) groups is 3. The van der Waals surface area contributed by atoms with Crippen LogP contribution in [-0.2, 0) is 14.3 Å². The number of methoxy groups -OCH3 is 1. The van der Waals surface area contributed by atoms with Gasteiger partial charge in [-0.1, -0.05) is 0 Å². The summed E-state index contributed by atoms with van der Waals surface area (Å²) in [6.07, 6.45) is 0. The number of carbonyl (C=O) groups excluding carboxylic acids is 2. The SMILES string of the molecule is COC(=O)CN(C(=O)N(C)C(C)C(=O)O)C(C)C. The molecule has 7 nitrogen and oxygen atoms in total. The van der Waals surface area contributed by atoms with Crippen molar-refractivity contribution in [2.75, 3.05) is 20.7 Å². The maximum Gasteiger partial charge on any atom is 0.326 e. The quantitative estimate of drug-likeness (QED) is 0.723. The van der Waals surface area contributed by atoms with Crippen LogP contribution >= 0.6 is 0 Å². The van der Waals surface area contributed by atoms with E-state index in [0.717, 1.165) is 4.90 Å². The molecule has 0 saturated carbocycles. The molecule has 0 aromatic rings. The summed E-state index contributed by atoms with van der Waals surface area (Å²) in [5.41, 5.74) is 0. The van der Waals surface area contributed by atoms with E-state index < -0.39 is 24.0 Å². The van der Waals surface area contributed by atoms with Gasteiger partial charge in [0.2, 0.25) is 0 Å². The Kier molecular flexibility index (Phi) is 6.15. The van der Waals surface area contributed by atoms with E-state index >= 15 is 0 Å². The summed E-state index contributed by atoms with van der Waals surface area (Å²) in [5.74, 6) is -1.65. The highest BCUT2D eigenvalue weighted by Gasteiger charge is 2.28. The second-order valence-corrected chi connectivity index (χ2v) is 4.21. The zero-order valence-corrected chi connectivity index (χ0v) is 11.3. The van der Waals surface area contributed by atoms with E-state index in [4.69, 9.17) is 5.11 Å². The van der Waals surface area contributed by atoms with Gasteiger partial charge in [0.15, 0.2) is 0 Å². The molecular weight excluding hydrogens is 240 g/mol. The molecule has 18 heavy (non-hydrogen) atoms. The Morgan fingerprint density at radius 3 is 2.06 bits per heavy atom. The van der Waals surface area contributed by atoms with Gasteiger partial charge in [-0.25, -0.2) is 9.59 Å². The summed E-state index contributed by atoms with van der Waals surface area (Å²) in [7, 11) is 2.61. The van der Waals surface area contributed by atoms with Crippen molar-refractivity contribution in [2.45, 2.75) is 32.9 Å². The van der Waals surface area contributed by atoms with E-state index in [1.165, 1.54) is 26.0 Å². The van der Waals surface area contributed by atoms with E-state index in [0.29, 0.717) is 0 Å². The summed E-state index contributed by atoms with van der Waals surface area (Å²) in [5, 5.41) is 8.85. The predicted molar refractivity (Wildman–Crippen MR) is 64.1 cm³/mol. The lowest BCUT2D eigenvalue weighted by atomic mass is 10.3. The van der Waals surface area contributed by atoms with Crippen molar-refractivity contribution in [3.63, 3.8) is 0 Å². The Hall–Kier alpha value is -1.79. The zero-order valence-electron chi connectivity index (χ0n) is 11.3. The molecule has 0 saturated heterocycles. The molecule has 0 aliphatic rings. The minimum atomic E-state index is -1.10. The van der Waals surface area contributed by atoms with Gasteiger partial charge in [0.05, 0.1) is 7.11 Å². The first-order valence-electron chi connectivity index (χ1n) is 5.55. The van der Waals surface area contributed by atoms with Gasteiger partial charge in [0, 0.05) is 13.1 Å². The Balaban J connectivity index is 4.86. The van der Waals surface area contributed by atoms with Crippen molar-refractivity contribution >= 4 is 18.0 Å². The smallest absolute Gasteiger partial charge is 0.326 e. The summed E-state index contributed by atoms with van der Waals surface area (Å²) >= 11 is 0. The fourth-order valence-electron chi connectivity index (χ4n) is 1.21. The first kappa shape index (κ1) is 16.2. The van der Waals surface area contributed by atoms with Crippen LogP contribution in [0.2, 0.25) is 0 Å². The molecule has 104 valence electrons. The maximum atomic E-state index is 12.1. The van der Waals surface area contributed by atoms with Gasteiger partial charge in [-0.2, -0.15) is 0 Å². The van der Waals surface area contributed by atoms with E-state index in [9.17, 15) is 14.4 Å². The number of urea groups is 1. The minimum absolute atomic E-state index is 0.205. The highest BCUT2D eigenvalue weighted by molar-refractivity contribution is 5.85. The lowest BCUT2D eigenvalue weighted by molar-refractivity contribution is -0.142. The zero-order chi connectivity index (χ0) is 14.5. The first-order valence-corrected chi connectivity index (χ1v) is 5.55. The molecule has 0 aromatic heterocycles. The van der Waals surface area contributed by atoms with Gasteiger partial charge < -0.3 is 19.6 Å². The lowest BCUT2D eigenvalue weighted by Gasteiger charge is -2.32.